The molecule has 2 fully saturated rings. The molecule has 8 heteroatoms. The molecule has 30 heavy (non-hydrogen) atoms. The summed E-state index contributed by atoms with van der Waals surface area (Å²) in [6.07, 6.45) is 9.01. The van der Waals surface area contributed by atoms with Gasteiger partial charge in [0.15, 0.2) is 9.84 Å². The summed E-state index contributed by atoms with van der Waals surface area (Å²) in [6.45, 7) is 0. The van der Waals surface area contributed by atoms with Crippen LogP contribution in [0.25, 0.3) is 11.0 Å². The number of amides is 1. The van der Waals surface area contributed by atoms with E-state index < -0.39 is 15.1 Å². The molecule has 0 aliphatic heterocycles. The smallest absolute Gasteiger partial charge is 0.325 e. The van der Waals surface area contributed by atoms with Crippen molar-refractivity contribution in [3.05, 3.63) is 22.6 Å². The number of aryl methyl sites for hydroxylation is 2. The molecule has 2 aliphatic rings. The fourth-order valence-electron chi connectivity index (χ4n) is 5.01. The molecule has 4 rings (SSSR count). The fourth-order valence-corrected chi connectivity index (χ4v) is 7.02. The molecule has 0 unspecified atom stereocenters. The lowest BCUT2D eigenvalue weighted by Crippen LogP contribution is -2.28. The number of benzene rings is 1. The number of nitrogens with zero attached hydrogens (tertiary/aromatic N) is 2. The van der Waals surface area contributed by atoms with Gasteiger partial charge in [0, 0.05) is 20.0 Å². The average molecular weight is 434 g/mol. The molecule has 0 spiro atoms. The molecule has 1 aromatic carbocycles. The number of sulfone groups is 1. The summed E-state index contributed by atoms with van der Waals surface area (Å²) in [5.74, 6) is -0.200. The minimum Gasteiger partial charge on any atom is -0.325 e. The van der Waals surface area contributed by atoms with Gasteiger partial charge in [-0.15, -0.1) is 0 Å². The molecule has 0 saturated heterocycles. The molecule has 2 aromatic rings. The first kappa shape index (κ1) is 21.2. The van der Waals surface area contributed by atoms with E-state index in [1.807, 2.05) is 0 Å². The van der Waals surface area contributed by atoms with Crippen molar-refractivity contribution in [1.82, 2.24) is 9.13 Å². The van der Waals surface area contributed by atoms with Crippen molar-refractivity contribution in [2.45, 2.75) is 74.4 Å². The number of carbonyl (C=O) groups is 1. The highest BCUT2D eigenvalue weighted by Crippen LogP contribution is 2.35. The Morgan fingerprint density at radius 3 is 2.03 bits per heavy atom. The first-order valence-corrected chi connectivity index (χ1v) is 12.6. The van der Waals surface area contributed by atoms with E-state index in [1.165, 1.54) is 9.13 Å². The summed E-state index contributed by atoms with van der Waals surface area (Å²) in [5.41, 5.74) is 1.27. The Bertz CT molecular complexity index is 1120. The maximum absolute atomic E-state index is 13.6. The summed E-state index contributed by atoms with van der Waals surface area (Å²) >= 11 is 0. The van der Waals surface area contributed by atoms with Crippen LogP contribution in [-0.4, -0.2) is 28.7 Å². The number of carbonyl (C=O) groups excluding carboxylic acids is 1. The number of fused-ring (bicyclic) bond motifs is 1. The summed E-state index contributed by atoms with van der Waals surface area (Å²) in [4.78, 5) is 25.5. The molecule has 7 nitrogen and oxygen atoms in total. The largest absolute Gasteiger partial charge is 0.328 e. The Hall–Kier alpha value is -2.09. The number of aromatic nitrogens is 2. The van der Waals surface area contributed by atoms with Gasteiger partial charge in [-0.25, -0.2) is 13.2 Å². The van der Waals surface area contributed by atoms with Crippen molar-refractivity contribution in [3.63, 3.8) is 0 Å². The molecule has 0 radical (unpaired) electrons. The number of rotatable bonds is 4. The standard InChI is InChI=1S/C22H31N3O4S/c1-24-18-13-17(23-21(26)15-9-5-3-6-10-15)20(14-19(18)25(2)22(24)27)30(28,29)16-11-7-4-8-12-16/h13-16H,3-12H2,1-2H3,(H,23,26). The Morgan fingerprint density at radius 1 is 0.900 bits per heavy atom. The van der Waals surface area contributed by atoms with E-state index in [0.717, 1.165) is 51.4 Å². The van der Waals surface area contributed by atoms with E-state index in [9.17, 15) is 18.0 Å². The normalized spacial score (nSPS) is 19.3. The predicted octanol–water partition coefficient (Wildman–Crippen LogP) is 3.50. The molecule has 1 heterocycles. The van der Waals surface area contributed by atoms with Crippen LogP contribution in [0.4, 0.5) is 5.69 Å². The summed E-state index contributed by atoms with van der Waals surface area (Å²) in [5, 5.41) is 2.50. The molecule has 0 atom stereocenters. The maximum Gasteiger partial charge on any atom is 0.328 e. The minimum atomic E-state index is -3.62. The van der Waals surface area contributed by atoms with Crippen LogP contribution >= 0.6 is 0 Å². The minimum absolute atomic E-state index is 0.0840. The number of nitrogens with one attached hydrogen (secondary N) is 1. The van der Waals surface area contributed by atoms with Crippen LogP contribution in [0.2, 0.25) is 0 Å². The zero-order chi connectivity index (χ0) is 21.5. The van der Waals surface area contributed by atoms with Gasteiger partial charge >= 0.3 is 5.69 Å². The summed E-state index contributed by atoms with van der Waals surface area (Å²) in [7, 11) is -0.320. The van der Waals surface area contributed by atoms with E-state index in [4.69, 9.17) is 0 Å². The Balaban J connectivity index is 1.81. The van der Waals surface area contributed by atoms with Crippen LogP contribution in [0.15, 0.2) is 21.8 Å². The van der Waals surface area contributed by atoms with Crippen LogP contribution in [-0.2, 0) is 28.7 Å². The van der Waals surface area contributed by atoms with Gasteiger partial charge < -0.3 is 5.32 Å². The second-order valence-corrected chi connectivity index (χ2v) is 11.1. The Labute approximate surface area is 177 Å². The number of anilines is 1. The Kier molecular flexibility index (Phi) is 5.79. The first-order chi connectivity index (χ1) is 14.3. The first-order valence-electron chi connectivity index (χ1n) is 11.0. The van der Waals surface area contributed by atoms with Gasteiger partial charge in [-0.1, -0.05) is 38.5 Å². The quantitative estimate of drug-likeness (QED) is 0.799. The van der Waals surface area contributed by atoms with Gasteiger partial charge in [-0.3, -0.25) is 13.9 Å². The highest BCUT2D eigenvalue weighted by molar-refractivity contribution is 7.92. The van der Waals surface area contributed by atoms with Crippen molar-refractivity contribution in [1.29, 1.82) is 0 Å². The second kappa shape index (κ2) is 8.21. The van der Waals surface area contributed by atoms with Gasteiger partial charge in [0.05, 0.1) is 26.9 Å². The fraction of sp³-hybridized carbons (Fsp3) is 0.636. The number of hydrogen-bond acceptors (Lipinski definition) is 4. The van der Waals surface area contributed by atoms with E-state index >= 15 is 0 Å². The van der Waals surface area contributed by atoms with Gasteiger partial charge in [0.1, 0.15) is 0 Å². The highest BCUT2D eigenvalue weighted by Gasteiger charge is 2.33. The topological polar surface area (TPSA) is 90.2 Å². The van der Waals surface area contributed by atoms with Crippen molar-refractivity contribution >= 4 is 32.5 Å². The Morgan fingerprint density at radius 2 is 1.43 bits per heavy atom. The van der Waals surface area contributed by atoms with E-state index in [2.05, 4.69) is 5.32 Å². The van der Waals surface area contributed by atoms with Crippen LogP contribution in [0, 0.1) is 5.92 Å². The number of hydrogen-bond donors (Lipinski definition) is 1. The summed E-state index contributed by atoms with van der Waals surface area (Å²) in [6, 6.07) is 3.24. The maximum atomic E-state index is 13.6. The number of imidazole rings is 1. The zero-order valence-electron chi connectivity index (χ0n) is 17.8. The molecule has 1 aromatic heterocycles. The van der Waals surface area contributed by atoms with Crippen molar-refractivity contribution in [2.24, 2.45) is 20.0 Å². The van der Waals surface area contributed by atoms with Crippen molar-refractivity contribution in [2.75, 3.05) is 5.32 Å². The van der Waals surface area contributed by atoms with Crippen LogP contribution in [0.5, 0.6) is 0 Å². The van der Waals surface area contributed by atoms with E-state index in [-0.39, 0.29) is 22.4 Å². The molecular formula is C22H31N3O4S. The third-order valence-electron chi connectivity index (χ3n) is 6.90. The van der Waals surface area contributed by atoms with Gasteiger partial charge in [0.25, 0.3) is 0 Å². The molecule has 0 bridgehead atoms. The summed E-state index contributed by atoms with van der Waals surface area (Å²) < 4.78 is 30.1. The van der Waals surface area contributed by atoms with Crippen LogP contribution in [0.3, 0.4) is 0 Å². The van der Waals surface area contributed by atoms with Crippen LogP contribution in [0.1, 0.15) is 64.2 Å². The van der Waals surface area contributed by atoms with Gasteiger partial charge in [-0.05, 0) is 37.8 Å². The second-order valence-electron chi connectivity index (χ2n) is 8.87. The molecule has 2 saturated carbocycles. The molecule has 2 aliphatic carbocycles. The lowest BCUT2D eigenvalue weighted by Gasteiger charge is -2.25. The third-order valence-corrected chi connectivity index (χ3v) is 9.20. The SMILES string of the molecule is Cn1c(=O)n(C)c2cc(S(=O)(=O)C3CCCCC3)c(NC(=O)C3CCCCC3)cc21. The molecule has 1 amide bonds. The lowest BCUT2D eigenvalue weighted by molar-refractivity contribution is -0.120. The highest BCUT2D eigenvalue weighted by atomic mass is 32.2. The molecule has 1 N–H and O–H groups in total. The third kappa shape index (κ3) is 3.70. The van der Waals surface area contributed by atoms with Crippen LogP contribution < -0.4 is 11.0 Å². The zero-order valence-corrected chi connectivity index (χ0v) is 18.6. The predicted molar refractivity (Wildman–Crippen MR) is 117 cm³/mol. The van der Waals surface area contributed by atoms with Crippen molar-refractivity contribution < 1.29 is 13.2 Å². The van der Waals surface area contributed by atoms with E-state index in [1.54, 1.807) is 26.2 Å². The van der Waals surface area contributed by atoms with Crippen molar-refractivity contribution in [3.8, 4) is 0 Å². The molecule has 164 valence electrons. The van der Waals surface area contributed by atoms with Gasteiger partial charge in [-0.2, -0.15) is 0 Å². The lowest BCUT2D eigenvalue weighted by atomic mass is 9.88. The average Bonchev–Trinajstić information content (AvgIpc) is 2.98. The van der Waals surface area contributed by atoms with E-state index in [0.29, 0.717) is 29.6 Å². The van der Waals surface area contributed by atoms with Gasteiger partial charge in [0.2, 0.25) is 5.91 Å². The molecular weight excluding hydrogens is 402 g/mol. The monoisotopic (exact) mass is 433 g/mol.